The standard InChI is InChI=1S/C14H19ClO3/c1-11(2)10-18-14(16)8-5-9-17-13-7-4-3-6-12(13)15/h3-4,6-7,11H,5,8-10H2,1-2H3. The van der Waals surface area contributed by atoms with Gasteiger partial charge in [-0.2, -0.15) is 0 Å². The van der Waals surface area contributed by atoms with Crippen LogP contribution in [0.2, 0.25) is 5.02 Å². The van der Waals surface area contributed by atoms with Crippen molar-refractivity contribution in [3.8, 4) is 5.75 Å². The Labute approximate surface area is 113 Å². The van der Waals surface area contributed by atoms with Crippen molar-refractivity contribution >= 4 is 17.6 Å². The van der Waals surface area contributed by atoms with Crippen LogP contribution in [-0.4, -0.2) is 19.2 Å². The van der Waals surface area contributed by atoms with Crippen molar-refractivity contribution in [3.63, 3.8) is 0 Å². The molecule has 0 atom stereocenters. The molecular formula is C14H19ClO3. The van der Waals surface area contributed by atoms with Crippen LogP contribution in [0.3, 0.4) is 0 Å². The number of halogens is 1. The van der Waals surface area contributed by atoms with Crippen LogP contribution in [0.5, 0.6) is 5.75 Å². The maximum atomic E-state index is 11.3. The van der Waals surface area contributed by atoms with Crippen molar-refractivity contribution in [2.45, 2.75) is 26.7 Å². The van der Waals surface area contributed by atoms with Gasteiger partial charge in [0.2, 0.25) is 0 Å². The molecule has 0 saturated heterocycles. The average molecular weight is 271 g/mol. The first-order valence-electron chi connectivity index (χ1n) is 6.12. The Kier molecular flexibility index (Phi) is 6.58. The molecule has 0 bridgehead atoms. The maximum Gasteiger partial charge on any atom is 0.305 e. The van der Waals surface area contributed by atoms with Crippen LogP contribution in [0.15, 0.2) is 24.3 Å². The van der Waals surface area contributed by atoms with E-state index in [2.05, 4.69) is 0 Å². The normalized spacial score (nSPS) is 10.4. The van der Waals surface area contributed by atoms with Crippen LogP contribution in [0.1, 0.15) is 26.7 Å². The second-order valence-corrected chi connectivity index (χ2v) is 4.87. The number of carbonyl (C=O) groups excluding carboxylic acids is 1. The van der Waals surface area contributed by atoms with E-state index < -0.39 is 0 Å². The summed E-state index contributed by atoms with van der Waals surface area (Å²) in [5.74, 6) is 0.842. The summed E-state index contributed by atoms with van der Waals surface area (Å²) in [5.41, 5.74) is 0. The van der Waals surface area contributed by atoms with Crippen molar-refractivity contribution in [1.82, 2.24) is 0 Å². The summed E-state index contributed by atoms with van der Waals surface area (Å²) in [7, 11) is 0. The third-order valence-corrected chi connectivity index (χ3v) is 2.51. The van der Waals surface area contributed by atoms with Crippen molar-refractivity contribution in [2.24, 2.45) is 5.92 Å². The van der Waals surface area contributed by atoms with Gasteiger partial charge < -0.3 is 9.47 Å². The summed E-state index contributed by atoms with van der Waals surface area (Å²) < 4.78 is 10.5. The minimum absolute atomic E-state index is 0.175. The molecule has 18 heavy (non-hydrogen) atoms. The average Bonchev–Trinajstić information content (AvgIpc) is 2.34. The first-order chi connectivity index (χ1) is 8.59. The smallest absolute Gasteiger partial charge is 0.305 e. The molecule has 0 aliphatic heterocycles. The van der Waals surface area contributed by atoms with E-state index in [0.717, 1.165) is 0 Å². The van der Waals surface area contributed by atoms with E-state index in [0.29, 0.717) is 42.7 Å². The molecule has 0 aromatic heterocycles. The van der Waals surface area contributed by atoms with Gasteiger partial charge >= 0.3 is 5.97 Å². The van der Waals surface area contributed by atoms with E-state index in [1.165, 1.54) is 0 Å². The molecule has 0 spiro atoms. The fourth-order valence-electron chi connectivity index (χ4n) is 1.29. The highest BCUT2D eigenvalue weighted by molar-refractivity contribution is 6.32. The summed E-state index contributed by atoms with van der Waals surface area (Å²) in [6.07, 6.45) is 0.999. The lowest BCUT2D eigenvalue weighted by Crippen LogP contribution is -2.11. The molecular weight excluding hydrogens is 252 g/mol. The van der Waals surface area contributed by atoms with Crippen LogP contribution in [-0.2, 0) is 9.53 Å². The Morgan fingerprint density at radius 2 is 2.06 bits per heavy atom. The van der Waals surface area contributed by atoms with E-state index in [4.69, 9.17) is 21.1 Å². The monoisotopic (exact) mass is 270 g/mol. The van der Waals surface area contributed by atoms with Crippen molar-refractivity contribution < 1.29 is 14.3 Å². The summed E-state index contributed by atoms with van der Waals surface area (Å²) in [6.45, 7) is 4.95. The summed E-state index contributed by atoms with van der Waals surface area (Å²) in [6, 6.07) is 7.28. The Balaban J connectivity index is 2.15. The molecule has 1 aromatic carbocycles. The number of benzene rings is 1. The second kappa shape index (κ2) is 7.98. The van der Waals surface area contributed by atoms with Crippen LogP contribution >= 0.6 is 11.6 Å². The fourth-order valence-corrected chi connectivity index (χ4v) is 1.48. The first kappa shape index (κ1) is 14.8. The largest absolute Gasteiger partial charge is 0.492 e. The summed E-state index contributed by atoms with van der Waals surface area (Å²) in [4.78, 5) is 11.3. The maximum absolute atomic E-state index is 11.3. The fraction of sp³-hybridized carbons (Fsp3) is 0.500. The molecule has 0 radical (unpaired) electrons. The van der Waals surface area contributed by atoms with E-state index in [1.807, 2.05) is 26.0 Å². The van der Waals surface area contributed by atoms with Gasteiger partial charge in [-0.05, 0) is 24.5 Å². The zero-order valence-electron chi connectivity index (χ0n) is 10.8. The molecule has 0 N–H and O–H groups in total. The number of hydrogen-bond donors (Lipinski definition) is 0. The topological polar surface area (TPSA) is 35.5 Å². The number of hydrogen-bond acceptors (Lipinski definition) is 3. The minimum Gasteiger partial charge on any atom is -0.492 e. The van der Waals surface area contributed by atoms with Gasteiger partial charge in [-0.3, -0.25) is 4.79 Å². The molecule has 100 valence electrons. The first-order valence-corrected chi connectivity index (χ1v) is 6.50. The summed E-state index contributed by atoms with van der Waals surface area (Å²) >= 11 is 5.93. The van der Waals surface area contributed by atoms with Crippen molar-refractivity contribution in [3.05, 3.63) is 29.3 Å². The van der Waals surface area contributed by atoms with E-state index in [9.17, 15) is 4.79 Å². The summed E-state index contributed by atoms with van der Waals surface area (Å²) in [5, 5.41) is 0.583. The van der Waals surface area contributed by atoms with Gasteiger partial charge in [0, 0.05) is 6.42 Å². The van der Waals surface area contributed by atoms with Gasteiger partial charge in [0.15, 0.2) is 0 Å². The highest BCUT2D eigenvalue weighted by atomic mass is 35.5. The quantitative estimate of drug-likeness (QED) is 0.560. The molecule has 3 nitrogen and oxygen atoms in total. The molecule has 1 aromatic rings. The highest BCUT2D eigenvalue weighted by Gasteiger charge is 2.05. The van der Waals surface area contributed by atoms with Crippen molar-refractivity contribution in [2.75, 3.05) is 13.2 Å². The molecule has 0 heterocycles. The lowest BCUT2D eigenvalue weighted by atomic mass is 10.2. The predicted octanol–water partition coefficient (Wildman–Crippen LogP) is 3.70. The SMILES string of the molecule is CC(C)COC(=O)CCCOc1ccccc1Cl. The predicted molar refractivity (Wildman–Crippen MR) is 72.0 cm³/mol. The third-order valence-electron chi connectivity index (χ3n) is 2.20. The molecule has 4 heteroatoms. The molecule has 0 fully saturated rings. The number of rotatable bonds is 7. The van der Waals surface area contributed by atoms with Gasteiger partial charge in [0.1, 0.15) is 5.75 Å². The third kappa shape index (κ3) is 5.92. The lowest BCUT2D eigenvalue weighted by Gasteiger charge is -2.08. The molecule has 0 saturated carbocycles. The van der Waals surface area contributed by atoms with Gasteiger partial charge in [-0.15, -0.1) is 0 Å². The lowest BCUT2D eigenvalue weighted by molar-refractivity contribution is -0.144. The van der Waals surface area contributed by atoms with E-state index >= 15 is 0 Å². The highest BCUT2D eigenvalue weighted by Crippen LogP contribution is 2.23. The van der Waals surface area contributed by atoms with Gasteiger partial charge in [-0.25, -0.2) is 0 Å². The Morgan fingerprint density at radius 3 is 2.72 bits per heavy atom. The van der Waals surface area contributed by atoms with E-state index in [-0.39, 0.29) is 5.97 Å². The molecule has 1 rings (SSSR count). The number of para-hydroxylation sites is 1. The molecule has 0 amide bonds. The number of esters is 1. The molecule has 0 aliphatic rings. The Morgan fingerprint density at radius 1 is 1.33 bits per heavy atom. The van der Waals surface area contributed by atoms with Crippen molar-refractivity contribution in [1.29, 1.82) is 0 Å². The Bertz CT molecular complexity index is 377. The van der Waals surface area contributed by atoms with Gasteiger partial charge in [0.25, 0.3) is 0 Å². The van der Waals surface area contributed by atoms with E-state index in [1.54, 1.807) is 12.1 Å². The molecule has 0 unspecified atom stereocenters. The van der Waals surface area contributed by atoms with Crippen LogP contribution in [0.25, 0.3) is 0 Å². The number of carbonyl (C=O) groups is 1. The molecule has 0 aliphatic carbocycles. The zero-order chi connectivity index (χ0) is 13.4. The van der Waals surface area contributed by atoms with Crippen LogP contribution in [0, 0.1) is 5.92 Å². The Hall–Kier alpha value is -1.22. The van der Waals surface area contributed by atoms with Crippen LogP contribution < -0.4 is 4.74 Å². The van der Waals surface area contributed by atoms with Gasteiger partial charge in [0.05, 0.1) is 18.2 Å². The second-order valence-electron chi connectivity index (χ2n) is 4.46. The number of ether oxygens (including phenoxy) is 2. The van der Waals surface area contributed by atoms with Gasteiger partial charge in [-0.1, -0.05) is 37.6 Å². The zero-order valence-corrected chi connectivity index (χ0v) is 11.6. The van der Waals surface area contributed by atoms with Crippen LogP contribution in [0.4, 0.5) is 0 Å². The minimum atomic E-state index is -0.175.